The number of fused-ring (bicyclic) bond motifs is 1. The molecule has 3 aliphatic heterocycles. The molecule has 10 nitrogen and oxygen atoms in total. The van der Waals surface area contributed by atoms with E-state index in [4.69, 9.17) is 16.3 Å². The number of thiazole rings is 1. The number of Topliss-reactive ketones (excluding diaryl/α,β-unsaturated/α-hetero) is 1. The lowest BCUT2D eigenvalue weighted by Gasteiger charge is -2.38. The molecule has 1 amide bonds. The highest BCUT2D eigenvalue weighted by atomic mass is 35.5. The number of nitrogens with zero attached hydrogens (tertiary/aromatic N) is 4. The summed E-state index contributed by atoms with van der Waals surface area (Å²) in [5, 5.41) is 13.1. The molecule has 12 heteroatoms. The summed E-state index contributed by atoms with van der Waals surface area (Å²) < 4.78 is 5.60. The number of anilines is 1. The quantitative estimate of drug-likeness (QED) is 0.450. The van der Waals surface area contributed by atoms with Gasteiger partial charge in [0.2, 0.25) is 0 Å². The van der Waals surface area contributed by atoms with Gasteiger partial charge < -0.3 is 20.1 Å². The lowest BCUT2D eigenvalue weighted by Crippen LogP contribution is -2.56. The number of hydrogen-bond donors (Lipinski definition) is 2. The van der Waals surface area contributed by atoms with Crippen LogP contribution >= 0.6 is 22.9 Å². The second-order valence-electron chi connectivity index (χ2n) is 7.67. The van der Waals surface area contributed by atoms with E-state index in [-0.39, 0.29) is 40.4 Å². The van der Waals surface area contributed by atoms with Crippen molar-refractivity contribution in [1.29, 1.82) is 0 Å². The lowest BCUT2D eigenvalue weighted by atomic mass is 9.99. The molecule has 4 heterocycles. The zero-order valence-electron chi connectivity index (χ0n) is 17.7. The van der Waals surface area contributed by atoms with E-state index in [9.17, 15) is 19.5 Å². The van der Waals surface area contributed by atoms with E-state index >= 15 is 0 Å². The van der Waals surface area contributed by atoms with E-state index in [0.717, 1.165) is 23.3 Å². The standard InChI is InChI=1S/C20H22ClN5O5S/c1-4-9-13-14(23-13)15(24-17(9)21)18(28)22-10-5-6-26(7-11(10)31-3)20-25-12(8(2)27)16(32-20)19(29)30/h10-11,13H,4-7H2,1-3H3,(H,22,28)(H,29,30)/t10-,11?,13?/m1/s1. The molecule has 2 unspecified atom stereocenters. The molecule has 3 aliphatic rings. The van der Waals surface area contributed by atoms with Crippen LogP contribution in [0.4, 0.5) is 5.13 Å². The third kappa shape index (κ3) is 4.07. The number of hydrogen-bond acceptors (Lipinski definition) is 9. The van der Waals surface area contributed by atoms with Crippen molar-refractivity contribution in [2.45, 2.75) is 44.9 Å². The Morgan fingerprint density at radius 1 is 1.38 bits per heavy atom. The largest absolute Gasteiger partial charge is 0.477 e. The van der Waals surface area contributed by atoms with Gasteiger partial charge in [0.05, 0.1) is 17.9 Å². The molecule has 3 atom stereocenters. The Morgan fingerprint density at radius 2 is 2.12 bits per heavy atom. The number of nitrogens with one attached hydrogen (secondary N) is 1. The van der Waals surface area contributed by atoms with Crippen LogP contribution in [-0.2, 0) is 9.53 Å². The minimum absolute atomic E-state index is 0.0478. The third-order valence-electron chi connectivity index (χ3n) is 5.70. The first kappa shape index (κ1) is 22.6. The number of halogens is 1. The van der Waals surface area contributed by atoms with Gasteiger partial charge in [0.1, 0.15) is 21.8 Å². The summed E-state index contributed by atoms with van der Waals surface area (Å²) in [7, 11) is 1.55. The fraction of sp³-hybridized carbons (Fsp3) is 0.500. The van der Waals surface area contributed by atoms with Gasteiger partial charge in [0.25, 0.3) is 5.91 Å². The van der Waals surface area contributed by atoms with Crippen molar-refractivity contribution in [3.63, 3.8) is 0 Å². The molecule has 2 N–H and O–H groups in total. The molecule has 32 heavy (non-hydrogen) atoms. The number of rotatable bonds is 7. The molecule has 1 fully saturated rings. The topological polar surface area (TPSA) is 134 Å². The van der Waals surface area contributed by atoms with Gasteiger partial charge in [-0.3, -0.25) is 14.6 Å². The van der Waals surface area contributed by atoms with Crippen molar-refractivity contribution in [2.24, 2.45) is 9.98 Å². The number of piperidine rings is 1. The molecule has 0 saturated carbocycles. The van der Waals surface area contributed by atoms with Crippen molar-refractivity contribution in [2.75, 3.05) is 25.1 Å². The van der Waals surface area contributed by atoms with Gasteiger partial charge in [-0.1, -0.05) is 29.9 Å². The fourth-order valence-corrected chi connectivity index (χ4v) is 5.25. The molecular formula is C20H22ClN5O5S. The molecule has 0 bridgehead atoms. The second kappa shape index (κ2) is 8.72. The Bertz CT molecular complexity index is 1060. The number of carbonyl (C=O) groups excluding carboxylic acids is 2. The number of carboxylic acid groups (broad SMARTS) is 1. The zero-order valence-corrected chi connectivity index (χ0v) is 19.3. The Morgan fingerprint density at radius 3 is 2.72 bits per heavy atom. The van der Waals surface area contributed by atoms with Gasteiger partial charge in [-0.2, -0.15) is 0 Å². The molecule has 0 radical (unpaired) electrons. The van der Waals surface area contributed by atoms with Gasteiger partial charge in [0, 0.05) is 27.1 Å². The predicted molar refractivity (Wildman–Crippen MR) is 120 cm³/mol. The maximum Gasteiger partial charge on any atom is 0.348 e. The minimum Gasteiger partial charge on any atom is -0.477 e. The molecule has 0 aromatic carbocycles. The van der Waals surface area contributed by atoms with Gasteiger partial charge >= 0.3 is 5.97 Å². The molecule has 1 aromatic heterocycles. The van der Waals surface area contributed by atoms with E-state index < -0.39 is 11.8 Å². The van der Waals surface area contributed by atoms with Gasteiger partial charge in [-0.25, -0.2) is 14.8 Å². The molecule has 0 spiro atoms. The third-order valence-corrected chi connectivity index (χ3v) is 7.13. The van der Waals surface area contributed by atoms with Gasteiger partial charge in [-0.15, -0.1) is 0 Å². The number of ketones is 1. The van der Waals surface area contributed by atoms with Gasteiger partial charge in [-0.05, 0) is 18.4 Å². The Kier molecular flexibility index (Phi) is 6.15. The average molecular weight is 480 g/mol. The van der Waals surface area contributed by atoms with Crippen LogP contribution in [0.3, 0.4) is 0 Å². The smallest absolute Gasteiger partial charge is 0.348 e. The van der Waals surface area contributed by atoms with E-state index in [2.05, 4.69) is 20.3 Å². The number of ether oxygens (including phenoxy) is 1. The molecular weight excluding hydrogens is 458 g/mol. The highest BCUT2D eigenvalue weighted by Crippen LogP contribution is 2.34. The van der Waals surface area contributed by atoms with E-state index in [1.807, 2.05) is 11.8 Å². The predicted octanol–water partition coefficient (Wildman–Crippen LogP) is 1.89. The minimum atomic E-state index is -1.18. The molecule has 170 valence electrons. The summed E-state index contributed by atoms with van der Waals surface area (Å²) in [5.74, 6) is -1.93. The van der Waals surface area contributed by atoms with Crippen LogP contribution < -0.4 is 10.2 Å². The number of aromatic carboxylic acids is 1. The van der Waals surface area contributed by atoms with Crippen LogP contribution in [0.1, 0.15) is 46.8 Å². The first-order valence-corrected chi connectivity index (χ1v) is 11.3. The number of carbonyl (C=O) groups is 3. The molecule has 4 rings (SSSR count). The maximum atomic E-state index is 12.9. The number of carboxylic acids is 1. The van der Waals surface area contributed by atoms with Crippen molar-refractivity contribution in [3.05, 3.63) is 21.3 Å². The van der Waals surface area contributed by atoms with Crippen LogP contribution in [0.5, 0.6) is 0 Å². The first-order chi connectivity index (χ1) is 15.2. The molecule has 1 aromatic rings. The Balaban J connectivity index is 1.46. The second-order valence-corrected chi connectivity index (χ2v) is 9.01. The fourth-order valence-electron chi connectivity index (χ4n) is 3.94. The van der Waals surface area contributed by atoms with Crippen molar-refractivity contribution >= 4 is 57.2 Å². The SMILES string of the molecule is CCC1=C(Cl)N=C(C(=O)N[C@@H]2CCN(c3nc(C(C)=O)c(C(=O)O)s3)CC2OC)C2=NC21. The Labute approximate surface area is 193 Å². The summed E-state index contributed by atoms with van der Waals surface area (Å²) in [5.41, 5.74) is 1.78. The highest BCUT2D eigenvalue weighted by Gasteiger charge is 2.43. The van der Waals surface area contributed by atoms with Crippen molar-refractivity contribution < 1.29 is 24.2 Å². The van der Waals surface area contributed by atoms with Crippen molar-refractivity contribution in [3.8, 4) is 0 Å². The van der Waals surface area contributed by atoms with Crippen LogP contribution in [-0.4, -0.2) is 77.6 Å². The van der Waals surface area contributed by atoms with Crippen LogP contribution in [0.15, 0.2) is 20.7 Å². The van der Waals surface area contributed by atoms with Crippen LogP contribution in [0.25, 0.3) is 0 Å². The van der Waals surface area contributed by atoms with E-state index in [0.29, 0.717) is 35.5 Å². The van der Waals surface area contributed by atoms with E-state index in [1.54, 1.807) is 7.11 Å². The Hall–Kier alpha value is -2.63. The number of amides is 1. The van der Waals surface area contributed by atoms with E-state index in [1.165, 1.54) is 6.92 Å². The van der Waals surface area contributed by atoms with Crippen molar-refractivity contribution in [1.82, 2.24) is 10.3 Å². The van der Waals surface area contributed by atoms with Gasteiger partial charge in [0.15, 0.2) is 16.6 Å². The summed E-state index contributed by atoms with van der Waals surface area (Å²) in [6.07, 6.45) is 0.892. The summed E-state index contributed by atoms with van der Waals surface area (Å²) in [6, 6.07) is -0.416. The maximum absolute atomic E-state index is 12.9. The number of aliphatic imine (C=N–C) groups is 2. The molecule has 0 aliphatic carbocycles. The summed E-state index contributed by atoms with van der Waals surface area (Å²) in [6.45, 7) is 4.15. The highest BCUT2D eigenvalue weighted by molar-refractivity contribution is 7.17. The monoisotopic (exact) mass is 479 g/mol. The first-order valence-electron chi connectivity index (χ1n) is 10.1. The summed E-state index contributed by atoms with van der Waals surface area (Å²) >= 11 is 7.18. The molecule has 1 saturated heterocycles. The lowest BCUT2D eigenvalue weighted by molar-refractivity contribution is -0.116. The average Bonchev–Trinajstić information content (AvgIpc) is 3.40. The number of aromatic nitrogens is 1. The zero-order chi connectivity index (χ0) is 23.2. The van der Waals surface area contributed by atoms with Crippen LogP contribution in [0, 0.1) is 0 Å². The normalized spacial score (nSPS) is 24.5. The summed E-state index contributed by atoms with van der Waals surface area (Å²) in [4.78, 5) is 50.7. The number of methoxy groups -OCH3 is 1. The van der Waals surface area contributed by atoms with Crippen LogP contribution in [0.2, 0.25) is 0 Å².